The molecule has 0 spiro atoms. The van der Waals surface area contributed by atoms with Crippen LogP contribution in [0.1, 0.15) is 21.5 Å². The molecule has 3 aromatic carbocycles. The topological polar surface area (TPSA) is 61.5 Å². The van der Waals surface area contributed by atoms with E-state index in [-0.39, 0.29) is 5.56 Å². The zero-order valence-corrected chi connectivity index (χ0v) is 14.2. The fraction of sp³-hybridized carbons (Fsp3) is 0.0952. The molecule has 1 amide bonds. The van der Waals surface area contributed by atoms with Gasteiger partial charge in [0.05, 0.1) is 0 Å². The predicted octanol–water partition coefficient (Wildman–Crippen LogP) is 4.99. The molecule has 0 heterocycles. The minimum absolute atomic E-state index is 0.232. The van der Waals surface area contributed by atoms with Gasteiger partial charge in [0, 0.05) is 0 Å². The summed E-state index contributed by atoms with van der Waals surface area (Å²) in [5, 5.41) is 0. The maximum Gasteiger partial charge on any atom is 0.256 e. The Morgan fingerprint density at radius 3 is 1.88 bits per heavy atom. The molecule has 0 aliphatic carbocycles. The number of carbonyl (C=O) groups is 1. The van der Waals surface area contributed by atoms with Crippen molar-refractivity contribution >= 4 is 5.91 Å². The Morgan fingerprint density at radius 1 is 0.840 bits per heavy atom. The number of hydrogen-bond acceptors (Lipinski definition) is 3. The number of rotatable bonds is 5. The first-order chi connectivity index (χ1) is 12.1. The van der Waals surface area contributed by atoms with Gasteiger partial charge in [-0.15, -0.1) is 0 Å². The molecule has 4 nitrogen and oxygen atoms in total. The van der Waals surface area contributed by atoms with Crippen molar-refractivity contribution in [3.8, 4) is 23.0 Å². The largest absolute Gasteiger partial charge is 0.456 e. The number of benzene rings is 3. The molecule has 0 aliphatic heterocycles. The van der Waals surface area contributed by atoms with Crippen molar-refractivity contribution < 1.29 is 14.3 Å². The van der Waals surface area contributed by atoms with E-state index in [1.165, 1.54) is 0 Å². The van der Waals surface area contributed by atoms with E-state index in [0.717, 1.165) is 11.1 Å². The Bertz CT molecular complexity index is 890. The Hall–Kier alpha value is -3.27. The van der Waals surface area contributed by atoms with Gasteiger partial charge >= 0.3 is 0 Å². The van der Waals surface area contributed by atoms with Crippen LogP contribution in [0, 0.1) is 13.8 Å². The summed E-state index contributed by atoms with van der Waals surface area (Å²) < 4.78 is 11.9. The first kappa shape index (κ1) is 16.6. The van der Waals surface area contributed by atoms with Gasteiger partial charge in [-0.05, 0) is 55.3 Å². The second-order valence-electron chi connectivity index (χ2n) is 5.72. The Kier molecular flexibility index (Phi) is 4.70. The number of para-hydroxylation sites is 2. The number of hydrogen-bond donors (Lipinski definition) is 1. The average molecular weight is 333 g/mol. The van der Waals surface area contributed by atoms with Crippen LogP contribution < -0.4 is 15.2 Å². The lowest BCUT2D eigenvalue weighted by Gasteiger charge is -2.18. The molecular formula is C21H19NO3. The molecule has 4 heteroatoms. The number of ether oxygens (including phenoxy) is 2. The molecule has 25 heavy (non-hydrogen) atoms. The molecule has 0 aromatic heterocycles. The standard InChI is InChI=1S/C21H19NO3/c1-14-13-18(24-16-9-5-3-6-10-16)19(21(22)23)20(15(14)2)25-17-11-7-4-8-12-17/h3-13H,1-2H3,(H2,22,23). The van der Waals surface area contributed by atoms with Crippen LogP contribution in [0.2, 0.25) is 0 Å². The Morgan fingerprint density at radius 2 is 1.36 bits per heavy atom. The summed E-state index contributed by atoms with van der Waals surface area (Å²) in [5.74, 6) is 1.46. The number of primary amides is 1. The highest BCUT2D eigenvalue weighted by atomic mass is 16.5. The van der Waals surface area contributed by atoms with E-state index in [0.29, 0.717) is 23.0 Å². The van der Waals surface area contributed by atoms with Crippen molar-refractivity contribution in [2.45, 2.75) is 13.8 Å². The maximum absolute atomic E-state index is 12.1. The minimum atomic E-state index is -0.597. The second-order valence-corrected chi connectivity index (χ2v) is 5.72. The number of amides is 1. The minimum Gasteiger partial charge on any atom is -0.456 e. The van der Waals surface area contributed by atoms with Gasteiger partial charge in [0.1, 0.15) is 28.6 Å². The van der Waals surface area contributed by atoms with Gasteiger partial charge in [-0.1, -0.05) is 36.4 Å². The zero-order chi connectivity index (χ0) is 17.8. The highest BCUT2D eigenvalue weighted by Gasteiger charge is 2.22. The highest BCUT2D eigenvalue weighted by molar-refractivity contribution is 5.99. The van der Waals surface area contributed by atoms with Crippen LogP contribution in [-0.4, -0.2) is 5.91 Å². The van der Waals surface area contributed by atoms with Crippen LogP contribution in [-0.2, 0) is 0 Å². The molecular weight excluding hydrogens is 314 g/mol. The van der Waals surface area contributed by atoms with E-state index in [1.54, 1.807) is 6.07 Å². The summed E-state index contributed by atoms with van der Waals surface area (Å²) >= 11 is 0. The first-order valence-electron chi connectivity index (χ1n) is 7.96. The maximum atomic E-state index is 12.1. The van der Waals surface area contributed by atoms with E-state index in [4.69, 9.17) is 15.2 Å². The van der Waals surface area contributed by atoms with Gasteiger partial charge in [-0.25, -0.2) is 0 Å². The number of nitrogens with two attached hydrogens (primary N) is 1. The third-order valence-electron chi connectivity index (χ3n) is 3.93. The fourth-order valence-electron chi connectivity index (χ4n) is 2.52. The van der Waals surface area contributed by atoms with Crippen LogP contribution in [0.5, 0.6) is 23.0 Å². The van der Waals surface area contributed by atoms with Gasteiger partial charge in [0.25, 0.3) is 5.91 Å². The Labute approximate surface area is 146 Å². The van der Waals surface area contributed by atoms with Crippen LogP contribution in [0.25, 0.3) is 0 Å². The van der Waals surface area contributed by atoms with Crippen molar-refractivity contribution in [3.63, 3.8) is 0 Å². The first-order valence-corrected chi connectivity index (χ1v) is 7.96. The van der Waals surface area contributed by atoms with Crippen LogP contribution in [0.3, 0.4) is 0 Å². The fourth-order valence-corrected chi connectivity index (χ4v) is 2.52. The van der Waals surface area contributed by atoms with Gasteiger partial charge in [-0.2, -0.15) is 0 Å². The van der Waals surface area contributed by atoms with E-state index >= 15 is 0 Å². The molecule has 0 saturated carbocycles. The molecule has 0 unspecified atom stereocenters. The lowest BCUT2D eigenvalue weighted by atomic mass is 10.0. The van der Waals surface area contributed by atoms with E-state index < -0.39 is 5.91 Å². The quantitative estimate of drug-likeness (QED) is 0.715. The van der Waals surface area contributed by atoms with Crippen molar-refractivity contribution in [2.24, 2.45) is 5.73 Å². The molecule has 0 radical (unpaired) electrons. The summed E-state index contributed by atoms with van der Waals surface area (Å²) in [5.41, 5.74) is 7.67. The Balaban J connectivity index is 2.11. The van der Waals surface area contributed by atoms with Gasteiger partial charge in [-0.3, -0.25) is 4.79 Å². The molecule has 0 bridgehead atoms. The van der Waals surface area contributed by atoms with E-state index in [9.17, 15) is 4.79 Å². The molecule has 126 valence electrons. The van der Waals surface area contributed by atoms with Gasteiger partial charge in [0.15, 0.2) is 0 Å². The van der Waals surface area contributed by atoms with Gasteiger partial charge < -0.3 is 15.2 Å². The average Bonchev–Trinajstić information content (AvgIpc) is 2.61. The number of carbonyl (C=O) groups excluding carboxylic acids is 1. The highest BCUT2D eigenvalue weighted by Crippen LogP contribution is 2.38. The van der Waals surface area contributed by atoms with Crippen molar-refractivity contribution in [2.75, 3.05) is 0 Å². The monoisotopic (exact) mass is 333 g/mol. The summed E-state index contributed by atoms with van der Waals surface area (Å²) in [6.07, 6.45) is 0. The molecule has 0 fully saturated rings. The summed E-state index contributed by atoms with van der Waals surface area (Å²) in [6, 6.07) is 20.3. The summed E-state index contributed by atoms with van der Waals surface area (Å²) in [7, 11) is 0. The lowest BCUT2D eigenvalue weighted by molar-refractivity contribution is 0.0995. The molecule has 3 aromatic rings. The SMILES string of the molecule is Cc1cc(Oc2ccccc2)c(C(N)=O)c(Oc2ccccc2)c1C. The smallest absolute Gasteiger partial charge is 0.256 e. The molecule has 0 atom stereocenters. The van der Waals surface area contributed by atoms with Crippen molar-refractivity contribution in [1.29, 1.82) is 0 Å². The van der Waals surface area contributed by atoms with Crippen molar-refractivity contribution in [3.05, 3.63) is 83.4 Å². The summed E-state index contributed by atoms with van der Waals surface area (Å²) in [6.45, 7) is 3.84. The van der Waals surface area contributed by atoms with E-state index in [2.05, 4.69) is 0 Å². The third-order valence-corrected chi connectivity index (χ3v) is 3.93. The molecule has 3 rings (SSSR count). The summed E-state index contributed by atoms with van der Waals surface area (Å²) in [4.78, 5) is 12.1. The van der Waals surface area contributed by atoms with Crippen LogP contribution in [0.15, 0.2) is 66.7 Å². The third kappa shape index (κ3) is 3.63. The van der Waals surface area contributed by atoms with Gasteiger partial charge in [0.2, 0.25) is 0 Å². The predicted molar refractivity (Wildman–Crippen MR) is 97.5 cm³/mol. The second kappa shape index (κ2) is 7.09. The zero-order valence-electron chi connectivity index (χ0n) is 14.2. The molecule has 2 N–H and O–H groups in total. The lowest BCUT2D eigenvalue weighted by Crippen LogP contribution is -2.15. The van der Waals surface area contributed by atoms with E-state index in [1.807, 2.05) is 74.5 Å². The molecule has 0 aliphatic rings. The molecule has 0 saturated heterocycles. The van der Waals surface area contributed by atoms with Crippen LogP contribution >= 0.6 is 0 Å². The normalized spacial score (nSPS) is 10.3. The van der Waals surface area contributed by atoms with Crippen LogP contribution in [0.4, 0.5) is 0 Å². The number of aryl methyl sites for hydroxylation is 1. The van der Waals surface area contributed by atoms with Crippen molar-refractivity contribution in [1.82, 2.24) is 0 Å².